The van der Waals surface area contributed by atoms with E-state index < -0.39 is 0 Å². The monoisotopic (exact) mass is 261 g/mol. The molecule has 104 valence electrons. The highest BCUT2D eigenvalue weighted by molar-refractivity contribution is 5.96. The van der Waals surface area contributed by atoms with Crippen molar-refractivity contribution in [1.29, 1.82) is 0 Å². The predicted octanol–water partition coefficient (Wildman–Crippen LogP) is 2.25. The van der Waals surface area contributed by atoms with Gasteiger partial charge in [-0.1, -0.05) is 13.3 Å². The fraction of sp³-hybridized carbons (Fsp3) is 0.533. The van der Waals surface area contributed by atoms with Gasteiger partial charge in [0, 0.05) is 26.2 Å². The molecule has 19 heavy (non-hydrogen) atoms. The number of hydrogen-bond acceptors (Lipinski definition) is 3. The summed E-state index contributed by atoms with van der Waals surface area (Å²) in [6.45, 7) is 2.97. The largest absolute Gasteiger partial charge is 0.397 e. The van der Waals surface area contributed by atoms with Crippen LogP contribution in [-0.4, -0.2) is 26.5 Å². The number of rotatable bonds is 4. The minimum absolute atomic E-state index is 0.0369. The predicted molar refractivity (Wildman–Crippen MR) is 79.5 cm³/mol. The van der Waals surface area contributed by atoms with Crippen LogP contribution in [0.5, 0.6) is 0 Å². The van der Waals surface area contributed by atoms with Gasteiger partial charge in [-0.15, -0.1) is 0 Å². The van der Waals surface area contributed by atoms with Gasteiger partial charge in [-0.05, 0) is 36.5 Å². The van der Waals surface area contributed by atoms with Crippen molar-refractivity contribution >= 4 is 17.3 Å². The summed E-state index contributed by atoms with van der Waals surface area (Å²) in [6.07, 6.45) is 3.68. The van der Waals surface area contributed by atoms with Gasteiger partial charge in [-0.3, -0.25) is 4.79 Å². The molecule has 1 fully saturated rings. The van der Waals surface area contributed by atoms with Gasteiger partial charge in [0.05, 0.1) is 11.4 Å². The van der Waals surface area contributed by atoms with Crippen molar-refractivity contribution in [2.45, 2.75) is 26.2 Å². The third-order valence-electron chi connectivity index (χ3n) is 4.01. The molecule has 0 saturated heterocycles. The Morgan fingerprint density at radius 1 is 1.42 bits per heavy atom. The summed E-state index contributed by atoms with van der Waals surface area (Å²) in [5.74, 6) is -0.0369. The Bertz CT molecular complexity index is 478. The van der Waals surface area contributed by atoms with E-state index in [1.165, 1.54) is 19.3 Å². The summed E-state index contributed by atoms with van der Waals surface area (Å²) >= 11 is 0. The normalized spacial score (nSPS) is 16.6. The minimum Gasteiger partial charge on any atom is -0.397 e. The number of amides is 1. The second kappa shape index (κ2) is 5.11. The van der Waals surface area contributed by atoms with Crippen LogP contribution in [0.2, 0.25) is 0 Å². The van der Waals surface area contributed by atoms with E-state index in [2.05, 4.69) is 12.2 Å². The molecule has 1 saturated carbocycles. The molecule has 1 aromatic carbocycles. The van der Waals surface area contributed by atoms with Crippen molar-refractivity contribution in [2.24, 2.45) is 5.41 Å². The van der Waals surface area contributed by atoms with E-state index in [-0.39, 0.29) is 5.91 Å². The Morgan fingerprint density at radius 2 is 2.11 bits per heavy atom. The number of hydrogen-bond donors (Lipinski definition) is 2. The SMILES string of the molecule is CN(C)c1ccc(C(=O)NCC2(C)CCC2)cc1N. The summed E-state index contributed by atoms with van der Waals surface area (Å²) in [4.78, 5) is 14.0. The van der Waals surface area contributed by atoms with E-state index >= 15 is 0 Å². The number of anilines is 2. The summed E-state index contributed by atoms with van der Waals surface area (Å²) in [5, 5.41) is 3.01. The van der Waals surface area contributed by atoms with E-state index in [0.717, 1.165) is 12.2 Å². The number of carbonyl (C=O) groups is 1. The first-order valence-corrected chi connectivity index (χ1v) is 6.76. The summed E-state index contributed by atoms with van der Waals surface area (Å²) in [7, 11) is 3.87. The Kier molecular flexibility index (Phi) is 3.69. The first-order valence-electron chi connectivity index (χ1n) is 6.76. The number of carbonyl (C=O) groups excluding carboxylic acids is 1. The highest BCUT2D eigenvalue weighted by Gasteiger charge is 2.31. The standard InChI is InChI=1S/C15H23N3O/c1-15(7-4-8-15)10-17-14(19)11-5-6-13(18(2)3)12(16)9-11/h5-6,9H,4,7-8,10,16H2,1-3H3,(H,17,19). The van der Waals surface area contributed by atoms with Crippen LogP contribution in [0.1, 0.15) is 36.5 Å². The molecular formula is C15H23N3O. The molecule has 4 nitrogen and oxygen atoms in total. The number of nitrogens with one attached hydrogen (secondary N) is 1. The van der Waals surface area contributed by atoms with E-state index in [1.807, 2.05) is 31.1 Å². The van der Waals surface area contributed by atoms with Gasteiger partial charge in [0.25, 0.3) is 5.91 Å². The van der Waals surface area contributed by atoms with Crippen molar-refractivity contribution in [3.63, 3.8) is 0 Å². The zero-order chi connectivity index (χ0) is 14.0. The van der Waals surface area contributed by atoms with Gasteiger partial charge >= 0.3 is 0 Å². The van der Waals surface area contributed by atoms with Gasteiger partial charge in [-0.25, -0.2) is 0 Å². The summed E-state index contributed by atoms with van der Waals surface area (Å²) in [5.41, 5.74) is 8.45. The van der Waals surface area contributed by atoms with Crippen LogP contribution in [0, 0.1) is 5.41 Å². The van der Waals surface area contributed by atoms with Crippen LogP contribution in [-0.2, 0) is 0 Å². The van der Waals surface area contributed by atoms with Gasteiger partial charge in [0.1, 0.15) is 0 Å². The van der Waals surface area contributed by atoms with Crippen LogP contribution >= 0.6 is 0 Å². The van der Waals surface area contributed by atoms with Crippen LogP contribution in [0.25, 0.3) is 0 Å². The van der Waals surface area contributed by atoms with Crippen LogP contribution in [0.4, 0.5) is 11.4 Å². The number of nitrogens with two attached hydrogens (primary N) is 1. The molecule has 4 heteroatoms. The van der Waals surface area contributed by atoms with Gasteiger partial charge in [0.2, 0.25) is 0 Å². The molecule has 0 spiro atoms. The molecule has 0 atom stereocenters. The zero-order valence-electron chi connectivity index (χ0n) is 12.0. The molecule has 0 unspecified atom stereocenters. The maximum atomic E-state index is 12.1. The lowest BCUT2D eigenvalue weighted by Crippen LogP contribution is -2.39. The smallest absolute Gasteiger partial charge is 0.251 e. The Labute approximate surface area is 115 Å². The van der Waals surface area contributed by atoms with Crippen molar-refractivity contribution in [3.05, 3.63) is 23.8 Å². The third-order valence-corrected chi connectivity index (χ3v) is 4.01. The molecule has 2 rings (SSSR count). The highest BCUT2D eigenvalue weighted by Crippen LogP contribution is 2.39. The Hall–Kier alpha value is -1.71. The minimum atomic E-state index is -0.0369. The summed E-state index contributed by atoms with van der Waals surface area (Å²) in [6, 6.07) is 5.45. The van der Waals surface area contributed by atoms with Crippen LogP contribution in [0.15, 0.2) is 18.2 Å². The average Bonchev–Trinajstić information content (AvgIpc) is 2.33. The molecule has 3 N–H and O–H groups in total. The van der Waals surface area contributed by atoms with E-state index in [4.69, 9.17) is 5.73 Å². The lowest BCUT2D eigenvalue weighted by Gasteiger charge is -2.38. The molecule has 1 aliphatic rings. The second-order valence-corrected chi connectivity index (χ2v) is 6.01. The second-order valence-electron chi connectivity index (χ2n) is 6.01. The fourth-order valence-electron chi connectivity index (χ4n) is 2.46. The lowest BCUT2D eigenvalue weighted by molar-refractivity contribution is 0.0891. The molecule has 0 aromatic heterocycles. The molecular weight excluding hydrogens is 238 g/mol. The molecule has 0 heterocycles. The molecule has 1 aromatic rings. The topological polar surface area (TPSA) is 58.4 Å². The molecule has 0 radical (unpaired) electrons. The van der Waals surface area contributed by atoms with Crippen LogP contribution < -0.4 is 16.0 Å². The van der Waals surface area contributed by atoms with E-state index in [0.29, 0.717) is 16.7 Å². The Morgan fingerprint density at radius 3 is 2.58 bits per heavy atom. The third kappa shape index (κ3) is 3.00. The first kappa shape index (κ1) is 13.7. The quantitative estimate of drug-likeness (QED) is 0.817. The number of benzene rings is 1. The zero-order valence-corrected chi connectivity index (χ0v) is 12.0. The highest BCUT2D eigenvalue weighted by atomic mass is 16.1. The molecule has 1 aliphatic carbocycles. The van der Waals surface area contributed by atoms with Crippen molar-refractivity contribution in [1.82, 2.24) is 5.32 Å². The first-order chi connectivity index (χ1) is 8.91. The maximum Gasteiger partial charge on any atom is 0.251 e. The average molecular weight is 261 g/mol. The molecule has 0 aliphatic heterocycles. The Balaban J connectivity index is 2.01. The van der Waals surface area contributed by atoms with Gasteiger partial charge in [0.15, 0.2) is 0 Å². The number of nitrogens with zero attached hydrogens (tertiary/aromatic N) is 1. The van der Waals surface area contributed by atoms with E-state index in [1.54, 1.807) is 6.07 Å². The van der Waals surface area contributed by atoms with E-state index in [9.17, 15) is 4.79 Å². The van der Waals surface area contributed by atoms with Crippen molar-refractivity contribution < 1.29 is 4.79 Å². The number of nitrogen functional groups attached to an aromatic ring is 1. The molecule has 1 amide bonds. The fourth-order valence-corrected chi connectivity index (χ4v) is 2.46. The van der Waals surface area contributed by atoms with Gasteiger partial charge < -0.3 is 16.0 Å². The molecule has 0 bridgehead atoms. The van der Waals surface area contributed by atoms with Crippen LogP contribution in [0.3, 0.4) is 0 Å². The maximum absolute atomic E-state index is 12.1. The van der Waals surface area contributed by atoms with Gasteiger partial charge in [-0.2, -0.15) is 0 Å². The lowest BCUT2D eigenvalue weighted by atomic mass is 9.70. The van der Waals surface area contributed by atoms with Crippen molar-refractivity contribution in [3.8, 4) is 0 Å². The van der Waals surface area contributed by atoms with Crippen molar-refractivity contribution in [2.75, 3.05) is 31.3 Å². The summed E-state index contributed by atoms with van der Waals surface area (Å²) < 4.78 is 0.